The maximum atomic E-state index is 12.9. The van der Waals surface area contributed by atoms with Gasteiger partial charge in [0, 0.05) is 28.8 Å². The predicted molar refractivity (Wildman–Crippen MR) is 104 cm³/mol. The third-order valence-corrected chi connectivity index (χ3v) is 7.10. The van der Waals surface area contributed by atoms with Gasteiger partial charge >= 0.3 is 0 Å². The van der Waals surface area contributed by atoms with Crippen LogP contribution >= 0.6 is 34.4 Å². The highest BCUT2D eigenvalue weighted by atomic mass is 32.2. The van der Waals surface area contributed by atoms with E-state index in [2.05, 4.69) is 10.1 Å². The molecule has 5 rings (SSSR count). The van der Waals surface area contributed by atoms with E-state index in [0.29, 0.717) is 28.0 Å². The minimum absolute atomic E-state index is 0.0195. The molecule has 0 N–H and O–H groups in total. The van der Waals surface area contributed by atoms with Gasteiger partial charge in [-0.3, -0.25) is 9.36 Å². The maximum Gasteiger partial charge on any atom is 0.263 e. The Bertz CT molecular complexity index is 1140. The monoisotopic (exact) mass is 402 g/mol. The molecule has 0 atom stereocenters. The Labute approximate surface area is 160 Å². The molecule has 1 fully saturated rings. The van der Waals surface area contributed by atoms with Gasteiger partial charge in [0.2, 0.25) is 5.89 Å². The Balaban J connectivity index is 1.46. The zero-order valence-corrected chi connectivity index (χ0v) is 16.3. The number of nitrogens with zero attached hydrogens (tertiary/aromatic N) is 4. The lowest BCUT2D eigenvalue weighted by Crippen LogP contribution is -2.19. The highest BCUT2D eigenvalue weighted by Gasteiger charge is 2.29. The van der Waals surface area contributed by atoms with Crippen LogP contribution in [-0.2, 0) is 12.8 Å². The van der Waals surface area contributed by atoms with Crippen molar-refractivity contribution >= 4 is 44.7 Å². The lowest BCUT2D eigenvalue weighted by atomic mass is 10.2. The molecule has 0 aliphatic heterocycles. The highest BCUT2D eigenvalue weighted by Crippen LogP contribution is 2.39. The first-order valence-electron chi connectivity index (χ1n) is 8.18. The molecule has 9 heteroatoms. The molecule has 4 aromatic heterocycles. The SMILES string of the molecule is Cn1c(SCc2noc(C3CC3)n2)nc2scc(-c3cccs3)c2c1=O. The Kier molecular flexibility index (Phi) is 3.95. The van der Waals surface area contributed by atoms with Crippen molar-refractivity contribution in [3.8, 4) is 10.4 Å². The fourth-order valence-electron chi connectivity index (χ4n) is 2.75. The third-order valence-electron chi connectivity index (χ3n) is 4.30. The molecule has 0 radical (unpaired) electrons. The van der Waals surface area contributed by atoms with E-state index in [1.54, 1.807) is 23.0 Å². The zero-order chi connectivity index (χ0) is 17.7. The van der Waals surface area contributed by atoms with Crippen LogP contribution in [0.2, 0.25) is 0 Å². The summed E-state index contributed by atoms with van der Waals surface area (Å²) >= 11 is 4.59. The number of thioether (sulfide) groups is 1. The smallest absolute Gasteiger partial charge is 0.263 e. The molecular formula is C17H14N4O2S3. The van der Waals surface area contributed by atoms with E-state index in [9.17, 15) is 4.79 Å². The summed E-state index contributed by atoms with van der Waals surface area (Å²) in [5.74, 6) is 2.36. The minimum Gasteiger partial charge on any atom is -0.339 e. The lowest BCUT2D eigenvalue weighted by Gasteiger charge is -2.06. The topological polar surface area (TPSA) is 73.8 Å². The van der Waals surface area contributed by atoms with Crippen molar-refractivity contribution in [3.63, 3.8) is 0 Å². The number of rotatable bonds is 5. The summed E-state index contributed by atoms with van der Waals surface area (Å²) in [6.07, 6.45) is 2.26. The van der Waals surface area contributed by atoms with E-state index in [-0.39, 0.29) is 5.56 Å². The molecule has 0 spiro atoms. The molecule has 1 saturated carbocycles. The lowest BCUT2D eigenvalue weighted by molar-refractivity contribution is 0.375. The molecule has 26 heavy (non-hydrogen) atoms. The van der Waals surface area contributed by atoms with Crippen LogP contribution in [0.15, 0.2) is 37.4 Å². The van der Waals surface area contributed by atoms with E-state index in [0.717, 1.165) is 34.0 Å². The quantitative estimate of drug-likeness (QED) is 0.366. The van der Waals surface area contributed by atoms with E-state index in [1.165, 1.54) is 23.1 Å². The molecule has 1 aliphatic carbocycles. The van der Waals surface area contributed by atoms with Gasteiger partial charge in [0.25, 0.3) is 5.56 Å². The minimum atomic E-state index is -0.0195. The second kappa shape index (κ2) is 6.33. The average Bonchev–Trinajstić information content (AvgIpc) is 3.06. The van der Waals surface area contributed by atoms with E-state index < -0.39 is 0 Å². The van der Waals surface area contributed by atoms with Gasteiger partial charge in [-0.05, 0) is 24.3 Å². The fraction of sp³-hybridized carbons (Fsp3) is 0.294. The van der Waals surface area contributed by atoms with Gasteiger partial charge in [0.1, 0.15) is 4.83 Å². The van der Waals surface area contributed by atoms with Crippen molar-refractivity contribution in [2.75, 3.05) is 0 Å². The van der Waals surface area contributed by atoms with Gasteiger partial charge in [-0.15, -0.1) is 22.7 Å². The summed E-state index contributed by atoms with van der Waals surface area (Å²) in [6, 6.07) is 4.02. The molecule has 132 valence electrons. The number of fused-ring (bicyclic) bond motifs is 1. The summed E-state index contributed by atoms with van der Waals surface area (Å²) in [5.41, 5.74) is 0.950. The molecule has 0 amide bonds. The number of aromatic nitrogens is 4. The second-order valence-electron chi connectivity index (χ2n) is 6.18. The van der Waals surface area contributed by atoms with Gasteiger partial charge in [0.15, 0.2) is 11.0 Å². The predicted octanol–water partition coefficient (Wildman–Crippen LogP) is 4.28. The molecule has 0 bridgehead atoms. The van der Waals surface area contributed by atoms with Crippen molar-refractivity contribution in [1.82, 2.24) is 19.7 Å². The summed E-state index contributed by atoms with van der Waals surface area (Å²) in [5, 5.41) is 9.42. The van der Waals surface area contributed by atoms with Crippen molar-refractivity contribution in [3.05, 3.63) is 45.0 Å². The van der Waals surface area contributed by atoms with Gasteiger partial charge in [0.05, 0.1) is 11.1 Å². The van der Waals surface area contributed by atoms with Gasteiger partial charge in [-0.25, -0.2) is 4.98 Å². The van der Waals surface area contributed by atoms with Crippen LogP contribution in [0, 0.1) is 0 Å². The summed E-state index contributed by atoms with van der Waals surface area (Å²) in [7, 11) is 1.76. The number of thiophene rings is 2. The van der Waals surface area contributed by atoms with E-state index in [1.807, 2.05) is 22.9 Å². The summed E-state index contributed by atoms with van der Waals surface area (Å²) in [6.45, 7) is 0. The van der Waals surface area contributed by atoms with Gasteiger partial charge < -0.3 is 4.52 Å². The largest absolute Gasteiger partial charge is 0.339 e. The van der Waals surface area contributed by atoms with Gasteiger partial charge in [-0.1, -0.05) is 23.0 Å². The molecule has 0 aromatic carbocycles. The van der Waals surface area contributed by atoms with Crippen molar-refractivity contribution in [1.29, 1.82) is 0 Å². The standard InChI is InChI=1S/C17H14N4O2S3/c1-21-16(22)13-10(11-3-2-6-24-11)7-25-15(13)19-17(21)26-8-12-18-14(23-20-12)9-4-5-9/h2-3,6-7,9H,4-5,8H2,1H3. The first-order chi connectivity index (χ1) is 12.7. The van der Waals surface area contributed by atoms with Crippen LogP contribution in [0.4, 0.5) is 0 Å². The number of hydrogen-bond acceptors (Lipinski definition) is 8. The molecule has 1 aliphatic rings. The highest BCUT2D eigenvalue weighted by molar-refractivity contribution is 7.98. The third kappa shape index (κ3) is 2.80. The van der Waals surface area contributed by atoms with Gasteiger partial charge in [-0.2, -0.15) is 4.98 Å². The first kappa shape index (κ1) is 16.2. The molecule has 4 heterocycles. The molecule has 0 unspecified atom stereocenters. The Hall–Kier alpha value is -1.97. The van der Waals surface area contributed by atoms with E-state index >= 15 is 0 Å². The van der Waals surface area contributed by atoms with E-state index in [4.69, 9.17) is 9.51 Å². The average molecular weight is 403 g/mol. The molecule has 4 aromatic rings. The normalized spacial score (nSPS) is 14.3. The molecule has 0 saturated heterocycles. The van der Waals surface area contributed by atoms with Crippen LogP contribution in [-0.4, -0.2) is 19.7 Å². The van der Waals surface area contributed by atoms with Crippen LogP contribution in [0.1, 0.15) is 30.5 Å². The first-order valence-corrected chi connectivity index (χ1v) is 10.9. The van der Waals surface area contributed by atoms with Crippen molar-refractivity contribution in [2.45, 2.75) is 29.7 Å². The Morgan fingerprint density at radius 3 is 3.00 bits per heavy atom. The Morgan fingerprint density at radius 1 is 1.35 bits per heavy atom. The van der Waals surface area contributed by atoms with Crippen molar-refractivity contribution in [2.24, 2.45) is 7.05 Å². The van der Waals surface area contributed by atoms with Crippen LogP contribution in [0.3, 0.4) is 0 Å². The summed E-state index contributed by atoms with van der Waals surface area (Å²) in [4.78, 5) is 23.9. The zero-order valence-electron chi connectivity index (χ0n) is 13.8. The van der Waals surface area contributed by atoms with Crippen LogP contribution < -0.4 is 5.56 Å². The number of hydrogen-bond donors (Lipinski definition) is 0. The molecule has 6 nitrogen and oxygen atoms in total. The van der Waals surface area contributed by atoms with Crippen molar-refractivity contribution < 1.29 is 4.52 Å². The fourth-order valence-corrected chi connectivity index (χ4v) is 5.36. The molecular weight excluding hydrogens is 388 g/mol. The summed E-state index contributed by atoms with van der Waals surface area (Å²) < 4.78 is 6.90. The van der Waals surface area contributed by atoms with Crippen LogP contribution in [0.25, 0.3) is 20.7 Å². The maximum absolute atomic E-state index is 12.9. The van der Waals surface area contributed by atoms with Crippen LogP contribution in [0.5, 0.6) is 0 Å². The second-order valence-corrected chi connectivity index (χ2v) is 8.93. The Morgan fingerprint density at radius 2 is 2.23 bits per heavy atom.